The second kappa shape index (κ2) is 5.44. The molecule has 2 aromatic carbocycles. The number of benzene rings is 2. The zero-order valence-electron chi connectivity index (χ0n) is 10.3. The molecule has 0 saturated heterocycles. The van der Waals surface area contributed by atoms with Gasteiger partial charge in [0.1, 0.15) is 0 Å². The summed E-state index contributed by atoms with van der Waals surface area (Å²) in [5, 5.41) is 0.466. The van der Waals surface area contributed by atoms with E-state index in [2.05, 4.69) is 41.8 Å². The number of aromatic nitrogens is 2. The van der Waals surface area contributed by atoms with Crippen LogP contribution in [0.4, 0.5) is 0 Å². The lowest BCUT2D eigenvalue weighted by molar-refractivity contribution is 0.103. The molecule has 0 unspecified atom stereocenters. The molecule has 3 rings (SSSR count). The van der Waals surface area contributed by atoms with Crippen molar-refractivity contribution < 1.29 is 4.79 Å². The Bertz CT molecular complexity index is 930. The smallest absolute Gasteiger partial charge is 0.306 e. The van der Waals surface area contributed by atoms with Crippen LogP contribution in [-0.2, 0) is 0 Å². The Kier molecular flexibility index (Phi) is 3.77. The number of carbonyl (C=O) groups is 1. The molecule has 7 heteroatoms. The maximum Gasteiger partial charge on any atom is 0.323 e. The first-order valence-corrected chi connectivity index (χ1v) is 7.83. The maximum atomic E-state index is 12.6. The van der Waals surface area contributed by atoms with Gasteiger partial charge in [0.05, 0.1) is 16.1 Å². The predicted octanol–water partition coefficient (Wildman–Crippen LogP) is 4.27. The Morgan fingerprint density at radius 2 is 1.67 bits per heavy atom. The van der Waals surface area contributed by atoms with Gasteiger partial charge in [-0.1, -0.05) is 11.6 Å². The summed E-state index contributed by atoms with van der Waals surface area (Å²) in [6.45, 7) is 0. The largest absolute Gasteiger partial charge is 0.323 e. The van der Waals surface area contributed by atoms with Gasteiger partial charge in [0, 0.05) is 20.1 Å². The van der Waals surface area contributed by atoms with E-state index in [0.717, 1.165) is 4.47 Å². The molecular formula is C14H7Br2ClN2O2. The van der Waals surface area contributed by atoms with Crippen LogP contribution in [-0.4, -0.2) is 15.8 Å². The molecule has 0 aliphatic rings. The molecule has 0 radical (unpaired) electrons. The fourth-order valence-electron chi connectivity index (χ4n) is 2.02. The highest BCUT2D eigenvalue weighted by Gasteiger charge is 2.15. The summed E-state index contributed by atoms with van der Waals surface area (Å²) in [4.78, 5) is 29.2. The summed E-state index contributed by atoms with van der Waals surface area (Å²) >= 11 is 12.7. The Balaban J connectivity index is 2.14. The van der Waals surface area contributed by atoms with Crippen molar-refractivity contribution in [3.8, 4) is 0 Å². The molecule has 3 aromatic rings. The Labute approximate surface area is 140 Å². The van der Waals surface area contributed by atoms with Gasteiger partial charge in [-0.05, 0) is 62.2 Å². The molecule has 21 heavy (non-hydrogen) atoms. The molecule has 4 nitrogen and oxygen atoms in total. The van der Waals surface area contributed by atoms with Gasteiger partial charge in [-0.3, -0.25) is 4.79 Å². The van der Waals surface area contributed by atoms with Crippen LogP contribution < -0.4 is 5.69 Å². The number of H-pyrrole nitrogens is 2. The van der Waals surface area contributed by atoms with Crippen molar-refractivity contribution in [3.05, 3.63) is 65.9 Å². The number of hydrogen-bond acceptors (Lipinski definition) is 2. The lowest BCUT2D eigenvalue weighted by atomic mass is 10.0. The monoisotopic (exact) mass is 428 g/mol. The average Bonchev–Trinajstić information content (AvgIpc) is 2.79. The normalized spacial score (nSPS) is 11.0. The third-order valence-electron chi connectivity index (χ3n) is 3.03. The van der Waals surface area contributed by atoms with Crippen molar-refractivity contribution in [1.82, 2.24) is 9.97 Å². The van der Waals surface area contributed by atoms with Crippen molar-refractivity contribution in [2.75, 3.05) is 0 Å². The molecule has 0 bridgehead atoms. The Morgan fingerprint density at radius 3 is 2.33 bits per heavy atom. The topological polar surface area (TPSA) is 65.7 Å². The molecule has 2 N–H and O–H groups in total. The quantitative estimate of drug-likeness (QED) is 0.597. The van der Waals surface area contributed by atoms with Crippen molar-refractivity contribution >= 4 is 60.3 Å². The summed E-state index contributed by atoms with van der Waals surface area (Å²) in [6, 6.07) is 8.34. The van der Waals surface area contributed by atoms with Crippen LogP contribution in [0.2, 0.25) is 5.02 Å². The number of imidazole rings is 1. The predicted molar refractivity (Wildman–Crippen MR) is 89.2 cm³/mol. The number of ketones is 1. The summed E-state index contributed by atoms with van der Waals surface area (Å²) in [5.41, 5.74) is 1.83. The van der Waals surface area contributed by atoms with E-state index < -0.39 is 0 Å². The standard InChI is InChI=1S/C14H7Br2ClN2O2/c15-8-2-1-6(3-10(8)17)13(20)7-4-11-12(5-9(7)16)19-14(21)18-11/h1-5H,(H2,18,19,21). The summed E-state index contributed by atoms with van der Waals surface area (Å²) in [5.74, 6) is -0.180. The fraction of sp³-hybridized carbons (Fsp3) is 0. The average molecular weight is 430 g/mol. The van der Waals surface area contributed by atoms with E-state index in [1.54, 1.807) is 30.3 Å². The highest BCUT2D eigenvalue weighted by molar-refractivity contribution is 9.10. The van der Waals surface area contributed by atoms with Crippen molar-refractivity contribution in [2.24, 2.45) is 0 Å². The zero-order chi connectivity index (χ0) is 15.1. The SMILES string of the molecule is O=C(c1ccc(Br)c(Cl)c1)c1cc2[nH]c(=O)[nH]c2cc1Br. The van der Waals surface area contributed by atoms with E-state index >= 15 is 0 Å². The van der Waals surface area contributed by atoms with E-state index in [-0.39, 0.29) is 11.5 Å². The van der Waals surface area contributed by atoms with Crippen molar-refractivity contribution in [3.63, 3.8) is 0 Å². The molecular weight excluding hydrogens is 423 g/mol. The van der Waals surface area contributed by atoms with E-state index in [1.165, 1.54) is 0 Å². The first-order chi connectivity index (χ1) is 9.95. The molecule has 0 amide bonds. The molecule has 0 saturated carbocycles. The van der Waals surface area contributed by atoms with E-state index in [1.807, 2.05) is 0 Å². The minimum atomic E-state index is -0.312. The number of carbonyl (C=O) groups excluding carboxylic acids is 1. The van der Waals surface area contributed by atoms with Gasteiger partial charge in [-0.25, -0.2) is 4.79 Å². The highest BCUT2D eigenvalue weighted by Crippen LogP contribution is 2.27. The molecule has 0 spiro atoms. The second-order valence-electron chi connectivity index (χ2n) is 4.41. The molecule has 0 aliphatic carbocycles. The molecule has 0 fully saturated rings. The van der Waals surface area contributed by atoms with Gasteiger partial charge in [-0.2, -0.15) is 0 Å². The third kappa shape index (κ3) is 2.71. The van der Waals surface area contributed by atoms with Crippen LogP contribution in [0.1, 0.15) is 15.9 Å². The summed E-state index contributed by atoms with van der Waals surface area (Å²) in [7, 11) is 0. The number of rotatable bonds is 2. The lowest BCUT2D eigenvalue weighted by Gasteiger charge is -2.05. The van der Waals surface area contributed by atoms with E-state index in [4.69, 9.17) is 11.6 Å². The Hall–Kier alpha value is -1.37. The molecule has 106 valence electrons. The lowest BCUT2D eigenvalue weighted by Crippen LogP contribution is -2.02. The first kappa shape index (κ1) is 14.6. The van der Waals surface area contributed by atoms with Crippen molar-refractivity contribution in [1.29, 1.82) is 0 Å². The van der Waals surface area contributed by atoms with Gasteiger partial charge in [0.25, 0.3) is 0 Å². The van der Waals surface area contributed by atoms with Gasteiger partial charge in [0.2, 0.25) is 0 Å². The van der Waals surface area contributed by atoms with E-state index in [0.29, 0.717) is 31.7 Å². The molecule has 1 aromatic heterocycles. The fourth-order valence-corrected chi connectivity index (χ4v) is 2.97. The number of aromatic amines is 2. The number of halogens is 3. The first-order valence-electron chi connectivity index (χ1n) is 5.87. The number of hydrogen-bond donors (Lipinski definition) is 2. The molecule has 0 atom stereocenters. The number of nitrogens with one attached hydrogen (secondary N) is 2. The molecule has 1 heterocycles. The Morgan fingerprint density at radius 1 is 1.00 bits per heavy atom. The van der Waals surface area contributed by atoms with Gasteiger partial charge < -0.3 is 9.97 Å². The third-order valence-corrected chi connectivity index (χ3v) is 4.92. The van der Waals surface area contributed by atoms with Gasteiger partial charge in [-0.15, -0.1) is 0 Å². The second-order valence-corrected chi connectivity index (χ2v) is 6.53. The van der Waals surface area contributed by atoms with E-state index in [9.17, 15) is 9.59 Å². The minimum absolute atomic E-state index is 0.180. The van der Waals surface area contributed by atoms with Crippen LogP contribution in [0, 0.1) is 0 Å². The van der Waals surface area contributed by atoms with Crippen LogP contribution in [0.15, 0.2) is 44.1 Å². The van der Waals surface area contributed by atoms with Crippen LogP contribution >= 0.6 is 43.5 Å². The van der Waals surface area contributed by atoms with Gasteiger partial charge >= 0.3 is 5.69 Å². The maximum absolute atomic E-state index is 12.6. The summed E-state index contributed by atoms with van der Waals surface area (Å²) < 4.78 is 1.33. The number of fused-ring (bicyclic) bond motifs is 1. The van der Waals surface area contributed by atoms with Gasteiger partial charge in [0.15, 0.2) is 5.78 Å². The zero-order valence-corrected chi connectivity index (χ0v) is 14.3. The highest BCUT2D eigenvalue weighted by atomic mass is 79.9. The van der Waals surface area contributed by atoms with Crippen molar-refractivity contribution in [2.45, 2.75) is 0 Å². The van der Waals surface area contributed by atoms with Crippen LogP contribution in [0.25, 0.3) is 11.0 Å². The summed E-state index contributed by atoms with van der Waals surface area (Å²) in [6.07, 6.45) is 0. The minimum Gasteiger partial charge on any atom is -0.306 e. The van der Waals surface area contributed by atoms with Crippen LogP contribution in [0.3, 0.4) is 0 Å². The van der Waals surface area contributed by atoms with Crippen LogP contribution in [0.5, 0.6) is 0 Å². The molecule has 0 aliphatic heterocycles.